The van der Waals surface area contributed by atoms with Crippen LogP contribution in [-0.2, 0) is 7.05 Å². The first-order chi connectivity index (χ1) is 15.6. The number of hydrogen-bond donors (Lipinski definition) is 3. The molecule has 5 heterocycles. The van der Waals surface area contributed by atoms with Gasteiger partial charge in [0.1, 0.15) is 5.82 Å². The van der Waals surface area contributed by atoms with E-state index >= 15 is 0 Å². The van der Waals surface area contributed by atoms with Gasteiger partial charge in [-0.05, 0) is 32.6 Å². The molecule has 5 rings (SSSR count). The molecular formula is C22H28N10. The zero-order valence-electron chi connectivity index (χ0n) is 18.4. The molecule has 0 unspecified atom stereocenters. The summed E-state index contributed by atoms with van der Waals surface area (Å²) in [6.45, 7) is 2.84. The topological polar surface area (TPSA) is 123 Å². The van der Waals surface area contributed by atoms with Gasteiger partial charge in [-0.2, -0.15) is 20.4 Å². The number of hydrogen-bond acceptors (Lipinski definition) is 8. The van der Waals surface area contributed by atoms with Gasteiger partial charge in [0.05, 0.1) is 18.0 Å². The average molecular weight is 433 g/mol. The second kappa shape index (κ2) is 8.59. The van der Waals surface area contributed by atoms with Gasteiger partial charge in [0, 0.05) is 67.7 Å². The normalized spacial score (nSPS) is 22.6. The van der Waals surface area contributed by atoms with Gasteiger partial charge in [-0.1, -0.05) is 0 Å². The molecule has 2 saturated heterocycles. The summed E-state index contributed by atoms with van der Waals surface area (Å²) in [4.78, 5) is 12.1. The number of fused-ring (bicyclic) bond motifs is 2. The van der Waals surface area contributed by atoms with Crippen molar-refractivity contribution in [2.45, 2.75) is 57.2 Å². The number of aromatic amines is 1. The maximum atomic E-state index is 8.97. The van der Waals surface area contributed by atoms with Gasteiger partial charge in [-0.3, -0.25) is 14.7 Å². The summed E-state index contributed by atoms with van der Waals surface area (Å²) < 4.78 is 1.77. The highest BCUT2D eigenvalue weighted by molar-refractivity contribution is 5.65. The fraction of sp³-hybridized carbons (Fsp3) is 0.500. The minimum absolute atomic E-state index is 0.315. The van der Waals surface area contributed by atoms with Crippen LogP contribution in [0.15, 0.2) is 24.5 Å². The number of nitrogens with one attached hydrogen (secondary N) is 3. The molecule has 2 aliphatic rings. The first-order valence-corrected chi connectivity index (χ1v) is 11.1. The summed E-state index contributed by atoms with van der Waals surface area (Å²) in [6.07, 6.45) is 8.86. The summed E-state index contributed by atoms with van der Waals surface area (Å²) in [5.74, 6) is 2.01. The van der Waals surface area contributed by atoms with Crippen LogP contribution in [0, 0.1) is 18.3 Å². The lowest BCUT2D eigenvalue weighted by molar-refractivity contribution is 0.135. The van der Waals surface area contributed by atoms with Gasteiger partial charge in [0.25, 0.3) is 0 Å². The maximum absolute atomic E-state index is 8.97. The highest BCUT2D eigenvalue weighted by Crippen LogP contribution is 2.36. The predicted octanol–water partition coefficient (Wildman–Crippen LogP) is 2.97. The molecule has 0 spiro atoms. The number of anilines is 3. The average Bonchev–Trinajstić information content (AvgIpc) is 3.44. The van der Waals surface area contributed by atoms with E-state index in [0.717, 1.165) is 36.3 Å². The van der Waals surface area contributed by atoms with Crippen molar-refractivity contribution >= 4 is 17.6 Å². The third kappa shape index (κ3) is 4.29. The van der Waals surface area contributed by atoms with E-state index in [1.54, 1.807) is 4.68 Å². The van der Waals surface area contributed by atoms with Gasteiger partial charge < -0.3 is 10.6 Å². The van der Waals surface area contributed by atoms with Crippen molar-refractivity contribution in [3.8, 4) is 17.3 Å². The number of nitriles is 1. The standard InChI is InChI=1S/C22H28N10/c1-14-8-21(30-29-14)27-20-11-19(15-12-24-31(2)13-15)26-22(28-20)25-16-9-17-4-5-18(10-16)32(17)7-3-6-23/h8,11-13,16-18H,3-5,7,9-10H2,1-2H3,(H3,25,26,27,28,29,30)/t16-,17-,18+. The van der Waals surface area contributed by atoms with Crippen molar-refractivity contribution in [3.05, 3.63) is 30.2 Å². The summed E-state index contributed by atoms with van der Waals surface area (Å²) in [6, 6.07) is 7.52. The van der Waals surface area contributed by atoms with E-state index in [1.807, 2.05) is 38.5 Å². The van der Waals surface area contributed by atoms with Crippen LogP contribution in [0.5, 0.6) is 0 Å². The molecule has 166 valence electrons. The Morgan fingerprint density at radius 2 is 2.00 bits per heavy atom. The number of nitrogens with zero attached hydrogens (tertiary/aromatic N) is 7. The largest absolute Gasteiger partial charge is 0.351 e. The van der Waals surface area contributed by atoms with Gasteiger partial charge in [0.2, 0.25) is 5.95 Å². The molecule has 3 N–H and O–H groups in total. The molecule has 3 aromatic rings. The molecule has 32 heavy (non-hydrogen) atoms. The molecule has 3 atom stereocenters. The van der Waals surface area contributed by atoms with Crippen LogP contribution in [0.2, 0.25) is 0 Å². The molecule has 10 nitrogen and oxygen atoms in total. The quantitative estimate of drug-likeness (QED) is 0.521. The van der Waals surface area contributed by atoms with E-state index in [-0.39, 0.29) is 0 Å². The van der Waals surface area contributed by atoms with Crippen molar-refractivity contribution in [2.24, 2.45) is 7.05 Å². The fourth-order valence-electron chi connectivity index (χ4n) is 5.01. The monoisotopic (exact) mass is 432 g/mol. The Hall–Kier alpha value is -3.45. The highest BCUT2D eigenvalue weighted by Gasteiger charge is 2.40. The summed E-state index contributed by atoms with van der Waals surface area (Å²) in [7, 11) is 1.89. The molecule has 0 saturated carbocycles. The fourth-order valence-corrected chi connectivity index (χ4v) is 5.01. The first-order valence-electron chi connectivity index (χ1n) is 11.1. The molecular weight excluding hydrogens is 404 g/mol. The third-order valence-corrected chi connectivity index (χ3v) is 6.39. The number of aromatic nitrogens is 6. The lowest BCUT2D eigenvalue weighted by Crippen LogP contribution is -2.47. The van der Waals surface area contributed by atoms with Crippen LogP contribution in [0.1, 0.15) is 37.8 Å². The van der Waals surface area contributed by atoms with Crippen molar-refractivity contribution < 1.29 is 0 Å². The van der Waals surface area contributed by atoms with Crippen LogP contribution < -0.4 is 10.6 Å². The smallest absolute Gasteiger partial charge is 0.225 e. The Bertz CT molecular complexity index is 1110. The van der Waals surface area contributed by atoms with Gasteiger partial charge in [-0.25, -0.2) is 4.98 Å². The number of H-pyrrole nitrogens is 1. The number of aryl methyl sites for hydroxylation is 2. The van der Waals surface area contributed by atoms with E-state index in [1.165, 1.54) is 12.8 Å². The van der Waals surface area contributed by atoms with E-state index in [0.29, 0.717) is 42.1 Å². The van der Waals surface area contributed by atoms with E-state index in [2.05, 4.69) is 36.9 Å². The minimum Gasteiger partial charge on any atom is -0.351 e. The minimum atomic E-state index is 0.315. The highest BCUT2D eigenvalue weighted by atomic mass is 15.3. The van der Waals surface area contributed by atoms with Crippen LogP contribution in [0.4, 0.5) is 17.6 Å². The summed E-state index contributed by atoms with van der Waals surface area (Å²) >= 11 is 0. The number of piperidine rings is 1. The van der Waals surface area contributed by atoms with Gasteiger partial charge in [0.15, 0.2) is 5.82 Å². The molecule has 0 amide bonds. The molecule has 0 radical (unpaired) electrons. The van der Waals surface area contributed by atoms with Crippen LogP contribution in [0.3, 0.4) is 0 Å². The molecule has 0 aromatic carbocycles. The van der Waals surface area contributed by atoms with Crippen molar-refractivity contribution in [2.75, 3.05) is 17.2 Å². The lowest BCUT2D eigenvalue weighted by Gasteiger charge is -2.38. The third-order valence-electron chi connectivity index (χ3n) is 6.39. The second-order valence-corrected chi connectivity index (χ2v) is 8.77. The molecule has 2 bridgehead atoms. The molecule has 2 aliphatic heterocycles. The Kier molecular flexibility index (Phi) is 5.49. The maximum Gasteiger partial charge on any atom is 0.225 e. The zero-order valence-corrected chi connectivity index (χ0v) is 18.4. The Morgan fingerprint density at radius 1 is 1.19 bits per heavy atom. The van der Waals surface area contributed by atoms with Crippen LogP contribution in [0.25, 0.3) is 11.3 Å². The summed E-state index contributed by atoms with van der Waals surface area (Å²) in [5, 5.41) is 27.3. The predicted molar refractivity (Wildman–Crippen MR) is 121 cm³/mol. The summed E-state index contributed by atoms with van der Waals surface area (Å²) in [5.41, 5.74) is 2.72. The Balaban J connectivity index is 1.37. The van der Waals surface area contributed by atoms with Crippen LogP contribution >= 0.6 is 0 Å². The zero-order chi connectivity index (χ0) is 22.1. The Labute approximate surface area is 187 Å². The van der Waals surface area contributed by atoms with Crippen LogP contribution in [-0.4, -0.2) is 59.5 Å². The Morgan fingerprint density at radius 3 is 2.66 bits per heavy atom. The molecule has 0 aliphatic carbocycles. The number of rotatable bonds is 7. The lowest BCUT2D eigenvalue weighted by atomic mass is 9.97. The van der Waals surface area contributed by atoms with E-state index in [4.69, 9.17) is 15.2 Å². The van der Waals surface area contributed by atoms with E-state index < -0.39 is 0 Å². The van der Waals surface area contributed by atoms with Gasteiger partial charge in [-0.15, -0.1) is 0 Å². The SMILES string of the molecule is Cc1cc(Nc2cc(-c3cnn(C)c3)nc(N[C@@H]3C[C@H]4CC[C@@H](C3)N4CCC#N)n2)n[nH]1. The molecule has 2 fully saturated rings. The molecule has 3 aromatic heterocycles. The van der Waals surface area contributed by atoms with Crippen molar-refractivity contribution in [1.82, 2.24) is 34.8 Å². The second-order valence-electron chi connectivity index (χ2n) is 8.77. The van der Waals surface area contributed by atoms with E-state index in [9.17, 15) is 0 Å². The van der Waals surface area contributed by atoms with Crippen molar-refractivity contribution in [1.29, 1.82) is 5.26 Å². The van der Waals surface area contributed by atoms with Crippen molar-refractivity contribution in [3.63, 3.8) is 0 Å². The molecule has 10 heteroatoms. The van der Waals surface area contributed by atoms with Gasteiger partial charge >= 0.3 is 0 Å². The first kappa shape index (κ1) is 20.5.